The van der Waals surface area contributed by atoms with Gasteiger partial charge in [0.15, 0.2) is 0 Å². The van der Waals surface area contributed by atoms with Crippen LogP contribution < -0.4 is 0 Å². The highest BCUT2D eigenvalue weighted by Crippen LogP contribution is 2.33. The molecule has 1 saturated carbocycles. The van der Waals surface area contributed by atoms with Gasteiger partial charge in [-0.1, -0.05) is 5.92 Å². The molecule has 1 fully saturated rings. The minimum atomic E-state index is -0.725. The smallest absolute Gasteiger partial charge is 0.131 e. The van der Waals surface area contributed by atoms with Crippen molar-refractivity contribution in [1.82, 2.24) is 9.97 Å². The SMILES string of the molecule is OC1(C#Cc2cnccn2)CC1. The Morgan fingerprint density at radius 3 is 2.83 bits per heavy atom. The van der Waals surface area contributed by atoms with Gasteiger partial charge >= 0.3 is 0 Å². The average molecular weight is 160 g/mol. The minimum absolute atomic E-state index is 0.609. The van der Waals surface area contributed by atoms with Gasteiger partial charge in [0.1, 0.15) is 11.3 Å². The lowest BCUT2D eigenvalue weighted by molar-refractivity contribution is 0.212. The molecule has 1 aromatic rings. The first-order valence-corrected chi connectivity index (χ1v) is 3.80. The highest BCUT2D eigenvalue weighted by molar-refractivity contribution is 5.31. The Hall–Kier alpha value is -1.40. The molecule has 0 unspecified atom stereocenters. The Kier molecular flexibility index (Phi) is 1.56. The monoisotopic (exact) mass is 160 g/mol. The molecule has 12 heavy (non-hydrogen) atoms. The molecule has 3 nitrogen and oxygen atoms in total. The zero-order valence-electron chi connectivity index (χ0n) is 6.49. The predicted molar refractivity (Wildman–Crippen MR) is 43.1 cm³/mol. The Morgan fingerprint density at radius 2 is 2.25 bits per heavy atom. The van der Waals surface area contributed by atoms with Gasteiger partial charge in [0, 0.05) is 12.4 Å². The summed E-state index contributed by atoms with van der Waals surface area (Å²) in [6.45, 7) is 0. The summed E-state index contributed by atoms with van der Waals surface area (Å²) in [6.07, 6.45) is 6.32. The van der Waals surface area contributed by atoms with E-state index in [0.29, 0.717) is 5.69 Å². The van der Waals surface area contributed by atoms with Crippen LogP contribution in [0.1, 0.15) is 18.5 Å². The predicted octanol–water partition coefficient (Wildman–Crippen LogP) is 0.353. The van der Waals surface area contributed by atoms with Gasteiger partial charge in [-0.15, -0.1) is 0 Å². The first-order valence-electron chi connectivity index (χ1n) is 3.80. The average Bonchev–Trinajstić information content (AvgIpc) is 2.84. The van der Waals surface area contributed by atoms with Gasteiger partial charge in [0.25, 0.3) is 0 Å². The van der Waals surface area contributed by atoms with E-state index >= 15 is 0 Å². The third-order valence-electron chi connectivity index (χ3n) is 1.71. The fraction of sp³-hybridized carbons (Fsp3) is 0.333. The fourth-order valence-corrected chi connectivity index (χ4v) is 0.787. The molecule has 1 heterocycles. The van der Waals surface area contributed by atoms with E-state index in [4.69, 9.17) is 0 Å². The van der Waals surface area contributed by atoms with Crippen molar-refractivity contribution in [2.75, 3.05) is 0 Å². The molecule has 2 rings (SSSR count). The normalized spacial score (nSPS) is 17.8. The summed E-state index contributed by atoms with van der Waals surface area (Å²) in [5.74, 6) is 5.53. The second kappa shape index (κ2) is 2.58. The van der Waals surface area contributed by atoms with Crippen LogP contribution in [0, 0.1) is 11.8 Å². The summed E-state index contributed by atoms with van der Waals surface area (Å²) in [4.78, 5) is 7.82. The van der Waals surface area contributed by atoms with Crippen LogP contribution in [-0.4, -0.2) is 20.7 Å². The maximum absolute atomic E-state index is 9.37. The van der Waals surface area contributed by atoms with Gasteiger partial charge in [0.05, 0.1) is 6.20 Å². The quantitative estimate of drug-likeness (QED) is 0.557. The Balaban J connectivity index is 2.16. The molecule has 1 aromatic heterocycles. The molecule has 1 aliphatic carbocycles. The van der Waals surface area contributed by atoms with Crippen molar-refractivity contribution < 1.29 is 5.11 Å². The van der Waals surface area contributed by atoms with Crippen LogP contribution >= 0.6 is 0 Å². The van der Waals surface area contributed by atoms with Gasteiger partial charge in [-0.2, -0.15) is 0 Å². The van der Waals surface area contributed by atoms with Gasteiger partial charge in [0.2, 0.25) is 0 Å². The van der Waals surface area contributed by atoms with Crippen LogP contribution in [0.5, 0.6) is 0 Å². The first-order chi connectivity index (χ1) is 5.79. The molecular weight excluding hydrogens is 152 g/mol. The van der Waals surface area contributed by atoms with Crippen LogP contribution in [0.15, 0.2) is 18.6 Å². The van der Waals surface area contributed by atoms with E-state index < -0.39 is 5.60 Å². The molecule has 0 spiro atoms. The molecule has 0 aromatic carbocycles. The maximum Gasteiger partial charge on any atom is 0.131 e. The lowest BCUT2D eigenvalue weighted by Gasteiger charge is -1.91. The Labute approximate surface area is 70.5 Å². The standard InChI is InChI=1S/C9H8N2O/c12-9(3-4-9)2-1-8-7-10-5-6-11-8/h5-7,12H,3-4H2. The number of aliphatic hydroxyl groups is 1. The molecular formula is C9H8N2O. The summed E-state index contributed by atoms with van der Waals surface area (Å²) in [5, 5.41) is 9.37. The fourth-order valence-electron chi connectivity index (χ4n) is 0.787. The molecule has 0 saturated heterocycles. The molecule has 0 radical (unpaired) electrons. The van der Waals surface area contributed by atoms with E-state index in [2.05, 4.69) is 21.8 Å². The molecule has 0 amide bonds. The van der Waals surface area contributed by atoms with Gasteiger partial charge in [-0.05, 0) is 18.8 Å². The third kappa shape index (κ3) is 1.60. The number of rotatable bonds is 0. The molecule has 3 heteroatoms. The molecule has 0 aliphatic heterocycles. The van der Waals surface area contributed by atoms with Crippen LogP contribution in [0.3, 0.4) is 0 Å². The van der Waals surface area contributed by atoms with Crippen LogP contribution in [0.25, 0.3) is 0 Å². The first kappa shape index (κ1) is 7.26. The summed E-state index contributed by atoms with van der Waals surface area (Å²) in [7, 11) is 0. The highest BCUT2D eigenvalue weighted by atomic mass is 16.3. The summed E-state index contributed by atoms with van der Waals surface area (Å²) in [6, 6.07) is 0. The lowest BCUT2D eigenvalue weighted by Crippen LogP contribution is -2.00. The van der Waals surface area contributed by atoms with Crippen molar-refractivity contribution in [3.63, 3.8) is 0 Å². The summed E-state index contributed by atoms with van der Waals surface area (Å²) in [5.41, 5.74) is -0.116. The van der Waals surface area contributed by atoms with Crippen molar-refractivity contribution in [3.8, 4) is 11.8 Å². The van der Waals surface area contributed by atoms with Crippen molar-refractivity contribution in [2.45, 2.75) is 18.4 Å². The molecule has 0 bridgehead atoms. The number of nitrogens with zero attached hydrogens (tertiary/aromatic N) is 2. The van der Waals surface area contributed by atoms with Crippen LogP contribution in [0.2, 0.25) is 0 Å². The Bertz CT molecular complexity index is 333. The topological polar surface area (TPSA) is 46.0 Å². The third-order valence-corrected chi connectivity index (χ3v) is 1.71. The summed E-state index contributed by atoms with van der Waals surface area (Å²) < 4.78 is 0. The largest absolute Gasteiger partial charge is 0.378 e. The van der Waals surface area contributed by atoms with E-state index in [0.717, 1.165) is 12.8 Å². The number of hydrogen-bond donors (Lipinski definition) is 1. The summed E-state index contributed by atoms with van der Waals surface area (Å²) >= 11 is 0. The van der Waals surface area contributed by atoms with E-state index in [1.807, 2.05) is 0 Å². The Morgan fingerprint density at radius 1 is 1.42 bits per heavy atom. The second-order valence-corrected chi connectivity index (χ2v) is 2.87. The van der Waals surface area contributed by atoms with Crippen molar-refractivity contribution in [2.24, 2.45) is 0 Å². The zero-order chi connectivity index (χ0) is 8.44. The van der Waals surface area contributed by atoms with E-state index in [-0.39, 0.29) is 0 Å². The van der Waals surface area contributed by atoms with Crippen molar-refractivity contribution >= 4 is 0 Å². The molecule has 60 valence electrons. The van der Waals surface area contributed by atoms with Crippen LogP contribution in [0.4, 0.5) is 0 Å². The second-order valence-electron chi connectivity index (χ2n) is 2.87. The number of hydrogen-bond acceptors (Lipinski definition) is 3. The van der Waals surface area contributed by atoms with E-state index in [1.54, 1.807) is 18.6 Å². The lowest BCUT2D eigenvalue weighted by atomic mass is 10.3. The van der Waals surface area contributed by atoms with E-state index in [9.17, 15) is 5.11 Å². The zero-order valence-corrected chi connectivity index (χ0v) is 6.49. The van der Waals surface area contributed by atoms with Crippen molar-refractivity contribution in [3.05, 3.63) is 24.3 Å². The van der Waals surface area contributed by atoms with Gasteiger partial charge < -0.3 is 5.11 Å². The van der Waals surface area contributed by atoms with E-state index in [1.165, 1.54) is 0 Å². The highest BCUT2D eigenvalue weighted by Gasteiger charge is 2.38. The molecule has 0 atom stereocenters. The number of aromatic nitrogens is 2. The van der Waals surface area contributed by atoms with Gasteiger partial charge in [-0.25, -0.2) is 4.98 Å². The maximum atomic E-state index is 9.37. The molecule has 1 aliphatic rings. The van der Waals surface area contributed by atoms with Gasteiger partial charge in [-0.3, -0.25) is 4.98 Å². The minimum Gasteiger partial charge on any atom is -0.378 e. The van der Waals surface area contributed by atoms with Crippen molar-refractivity contribution in [1.29, 1.82) is 0 Å². The van der Waals surface area contributed by atoms with Crippen LogP contribution in [-0.2, 0) is 0 Å². The molecule has 1 N–H and O–H groups in total.